The fourth-order valence-corrected chi connectivity index (χ4v) is 2.40. The van der Waals surface area contributed by atoms with E-state index in [4.69, 9.17) is 9.47 Å². The first-order valence-corrected chi connectivity index (χ1v) is 7.48. The maximum Gasteiger partial charge on any atom is 0.212 e. The molecule has 1 aromatic heterocycles. The van der Waals surface area contributed by atoms with E-state index in [1.54, 1.807) is 6.07 Å². The second kappa shape index (κ2) is 7.33. The number of halogens is 1. The lowest BCUT2D eigenvalue weighted by Gasteiger charge is -2.23. The van der Waals surface area contributed by atoms with Crippen LogP contribution in [0.25, 0.3) is 11.1 Å². The highest BCUT2D eigenvalue weighted by Crippen LogP contribution is 2.22. The summed E-state index contributed by atoms with van der Waals surface area (Å²) in [6.45, 7) is 3.21. The molecule has 0 bridgehead atoms. The first kappa shape index (κ1) is 14.9. The van der Waals surface area contributed by atoms with Crippen molar-refractivity contribution in [2.45, 2.75) is 12.5 Å². The number of hydrogen-bond acceptors (Lipinski definition) is 4. The molecule has 2 aromatic rings. The predicted molar refractivity (Wildman–Crippen MR) is 82.4 cm³/mol. The van der Waals surface area contributed by atoms with Crippen LogP contribution >= 0.6 is 0 Å². The number of morpholine rings is 1. The molecule has 2 heterocycles. The van der Waals surface area contributed by atoms with Crippen molar-refractivity contribution in [2.24, 2.45) is 0 Å². The van der Waals surface area contributed by atoms with E-state index in [1.807, 2.05) is 24.3 Å². The maximum atomic E-state index is 12.8. The molecule has 1 aliphatic heterocycles. The van der Waals surface area contributed by atoms with Gasteiger partial charge in [-0.3, -0.25) is 0 Å². The molecule has 1 aromatic carbocycles. The van der Waals surface area contributed by atoms with Gasteiger partial charge < -0.3 is 14.8 Å². The SMILES string of the molecule is Fc1ccc(-c2ccc(OCCC3CNCCO3)cc2)cn1. The summed E-state index contributed by atoms with van der Waals surface area (Å²) in [5, 5.41) is 3.30. The van der Waals surface area contributed by atoms with Gasteiger partial charge in [-0.05, 0) is 29.8 Å². The van der Waals surface area contributed by atoms with Gasteiger partial charge in [-0.25, -0.2) is 4.98 Å². The van der Waals surface area contributed by atoms with Crippen LogP contribution in [0.4, 0.5) is 4.39 Å². The first-order valence-electron chi connectivity index (χ1n) is 7.48. The average Bonchev–Trinajstić information content (AvgIpc) is 2.57. The van der Waals surface area contributed by atoms with Crippen molar-refractivity contribution in [1.82, 2.24) is 10.3 Å². The smallest absolute Gasteiger partial charge is 0.212 e. The summed E-state index contributed by atoms with van der Waals surface area (Å²) < 4.78 is 24.2. The number of pyridine rings is 1. The van der Waals surface area contributed by atoms with Crippen molar-refractivity contribution in [3.8, 4) is 16.9 Å². The summed E-state index contributed by atoms with van der Waals surface area (Å²) in [5.41, 5.74) is 1.87. The summed E-state index contributed by atoms with van der Waals surface area (Å²) in [7, 11) is 0. The van der Waals surface area contributed by atoms with Gasteiger partial charge in [0.15, 0.2) is 0 Å². The summed E-state index contributed by atoms with van der Waals surface area (Å²) in [6.07, 6.45) is 2.63. The number of aromatic nitrogens is 1. The Hall–Kier alpha value is -1.98. The summed E-state index contributed by atoms with van der Waals surface area (Å²) in [6, 6.07) is 10.8. The van der Waals surface area contributed by atoms with Gasteiger partial charge >= 0.3 is 0 Å². The van der Waals surface area contributed by atoms with E-state index in [1.165, 1.54) is 12.3 Å². The highest BCUT2D eigenvalue weighted by atomic mass is 19.1. The molecule has 3 rings (SSSR count). The van der Waals surface area contributed by atoms with Gasteiger partial charge in [-0.15, -0.1) is 0 Å². The summed E-state index contributed by atoms with van der Waals surface area (Å²) in [4.78, 5) is 3.66. The molecule has 1 aliphatic rings. The molecule has 0 radical (unpaired) electrons. The summed E-state index contributed by atoms with van der Waals surface area (Å²) >= 11 is 0. The first-order chi connectivity index (χ1) is 10.8. The Morgan fingerprint density at radius 2 is 2.00 bits per heavy atom. The van der Waals surface area contributed by atoms with Crippen molar-refractivity contribution in [3.05, 3.63) is 48.5 Å². The number of rotatable bonds is 5. The second-order valence-electron chi connectivity index (χ2n) is 5.23. The fraction of sp³-hybridized carbons (Fsp3) is 0.353. The Balaban J connectivity index is 1.51. The van der Waals surface area contributed by atoms with E-state index in [-0.39, 0.29) is 6.10 Å². The normalized spacial score (nSPS) is 18.1. The largest absolute Gasteiger partial charge is 0.493 e. The topological polar surface area (TPSA) is 43.4 Å². The van der Waals surface area contributed by atoms with Crippen LogP contribution in [-0.2, 0) is 4.74 Å². The molecule has 22 heavy (non-hydrogen) atoms. The number of ether oxygens (including phenoxy) is 2. The molecule has 0 amide bonds. The van der Waals surface area contributed by atoms with Crippen LogP contribution in [-0.4, -0.2) is 37.4 Å². The van der Waals surface area contributed by atoms with Crippen LogP contribution in [0, 0.1) is 5.95 Å². The molecule has 1 fully saturated rings. The summed E-state index contributed by atoms with van der Waals surface area (Å²) in [5.74, 6) is 0.353. The fourth-order valence-electron chi connectivity index (χ4n) is 2.40. The van der Waals surface area contributed by atoms with E-state index in [9.17, 15) is 4.39 Å². The molecule has 1 saturated heterocycles. The third-order valence-corrected chi connectivity index (χ3v) is 3.63. The highest BCUT2D eigenvalue weighted by Gasteiger charge is 2.12. The molecule has 1 N–H and O–H groups in total. The standard InChI is InChI=1S/C17H19FN2O2/c18-17-6-3-14(11-20-17)13-1-4-15(5-2-13)21-9-7-16-12-19-8-10-22-16/h1-6,11,16,19H,7-10,12H2. The minimum atomic E-state index is -0.469. The molecular formula is C17H19FN2O2. The van der Waals surface area contributed by atoms with Crippen LogP contribution < -0.4 is 10.1 Å². The third kappa shape index (κ3) is 4.02. The number of nitrogens with zero attached hydrogens (tertiary/aromatic N) is 1. The van der Waals surface area contributed by atoms with Crippen LogP contribution in [0.15, 0.2) is 42.6 Å². The molecule has 0 aliphatic carbocycles. The molecule has 1 unspecified atom stereocenters. The van der Waals surface area contributed by atoms with Crippen molar-refractivity contribution in [1.29, 1.82) is 0 Å². The van der Waals surface area contributed by atoms with Crippen LogP contribution in [0.2, 0.25) is 0 Å². The van der Waals surface area contributed by atoms with Crippen LogP contribution in [0.1, 0.15) is 6.42 Å². The van der Waals surface area contributed by atoms with E-state index < -0.39 is 5.95 Å². The molecule has 0 saturated carbocycles. The molecular weight excluding hydrogens is 283 g/mol. The van der Waals surface area contributed by atoms with E-state index in [0.29, 0.717) is 6.61 Å². The number of benzene rings is 1. The minimum Gasteiger partial charge on any atom is -0.493 e. The van der Waals surface area contributed by atoms with E-state index >= 15 is 0 Å². The Bertz CT molecular complexity index is 581. The van der Waals surface area contributed by atoms with Crippen molar-refractivity contribution in [3.63, 3.8) is 0 Å². The molecule has 116 valence electrons. The minimum absolute atomic E-state index is 0.235. The highest BCUT2D eigenvalue weighted by molar-refractivity contribution is 5.62. The quantitative estimate of drug-likeness (QED) is 0.862. The van der Waals surface area contributed by atoms with Crippen molar-refractivity contribution < 1.29 is 13.9 Å². The lowest BCUT2D eigenvalue weighted by Crippen LogP contribution is -2.39. The maximum absolute atomic E-state index is 12.8. The van der Waals surface area contributed by atoms with Gasteiger partial charge in [-0.1, -0.05) is 12.1 Å². The van der Waals surface area contributed by atoms with Crippen molar-refractivity contribution >= 4 is 0 Å². The Morgan fingerprint density at radius 1 is 1.18 bits per heavy atom. The number of hydrogen-bond donors (Lipinski definition) is 1. The van der Waals surface area contributed by atoms with Gasteiger partial charge in [-0.2, -0.15) is 4.39 Å². The molecule has 1 atom stereocenters. The lowest BCUT2D eigenvalue weighted by molar-refractivity contribution is 0.0159. The average molecular weight is 302 g/mol. The Labute approximate surface area is 129 Å². The zero-order chi connectivity index (χ0) is 15.2. The van der Waals surface area contributed by atoms with Crippen molar-refractivity contribution in [2.75, 3.05) is 26.3 Å². The van der Waals surface area contributed by atoms with E-state index in [0.717, 1.165) is 43.0 Å². The second-order valence-corrected chi connectivity index (χ2v) is 5.23. The van der Waals surface area contributed by atoms with Crippen LogP contribution in [0.3, 0.4) is 0 Å². The zero-order valence-corrected chi connectivity index (χ0v) is 12.3. The third-order valence-electron chi connectivity index (χ3n) is 3.63. The Morgan fingerprint density at radius 3 is 2.68 bits per heavy atom. The molecule has 4 nitrogen and oxygen atoms in total. The predicted octanol–water partition coefficient (Wildman–Crippen LogP) is 2.65. The molecule has 0 spiro atoms. The van der Waals surface area contributed by atoms with Gasteiger partial charge in [0.1, 0.15) is 5.75 Å². The zero-order valence-electron chi connectivity index (χ0n) is 12.3. The monoisotopic (exact) mass is 302 g/mol. The van der Waals surface area contributed by atoms with Gasteiger partial charge in [0.05, 0.1) is 19.3 Å². The van der Waals surface area contributed by atoms with E-state index in [2.05, 4.69) is 10.3 Å². The van der Waals surface area contributed by atoms with Gasteiger partial charge in [0.25, 0.3) is 0 Å². The number of nitrogens with one attached hydrogen (secondary N) is 1. The molecule has 5 heteroatoms. The Kier molecular flexibility index (Phi) is 4.98. The van der Waals surface area contributed by atoms with Gasteiger partial charge in [0.2, 0.25) is 5.95 Å². The van der Waals surface area contributed by atoms with Crippen LogP contribution in [0.5, 0.6) is 5.75 Å². The lowest BCUT2D eigenvalue weighted by atomic mass is 10.1. The van der Waals surface area contributed by atoms with Gasteiger partial charge in [0, 0.05) is 31.3 Å².